The van der Waals surface area contributed by atoms with Gasteiger partial charge in [0.25, 0.3) is 0 Å². The molecule has 3 aromatic rings. The second-order valence-electron chi connectivity index (χ2n) is 5.43. The summed E-state index contributed by atoms with van der Waals surface area (Å²) in [5.74, 6) is 0.836. The first-order valence-corrected chi connectivity index (χ1v) is 8.98. The van der Waals surface area contributed by atoms with Gasteiger partial charge in [0.2, 0.25) is 0 Å². The summed E-state index contributed by atoms with van der Waals surface area (Å²) in [6.45, 7) is 2.08. The van der Waals surface area contributed by atoms with Crippen molar-refractivity contribution in [1.29, 1.82) is 5.26 Å². The third-order valence-corrected chi connectivity index (χ3v) is 6.35. The molecule has 0 saturated heterocycles. The number of nitrogens with zero attached hydrogens (tertiary/aromatic N) is 4. The molecule has 0 aliphatic heterocycles. The van der Waals surface area contributed by atoms with Gasteiger partial charge in [0.05, 0.1) is 10.4 Å². The van der Waals surface area contributed by atoms with E-state index in [0.29, 0.717) is 0 Å². The Kier molecular flexibility index (Phi) is 3.32. The zero-order valence-corrected chi connectivity index (χ0v) is 13.8. The molecule has 110 valence electrons. The van der Waals surface area contributed by atoms with Gasteiger partial charge in [-0.1, -0.05) is 0 Å². The minimum atomic E-state index is 0.792. The number of hydrogen-bond acceptors (Lipinski definition) is 5. The van der Waals surface area contributed by atoms with E-state index in [1.807, 2.05) is 4.68 Å². The number of hydrogen-bond donors (Lipinski definition) is 0. The summed E-state index contributed by atoms with van der Waals surface area (Å²) >= 11 is 3.37. The maximum atomic E-state index is 9.64. The summed E-state index contributed by atoms with van der Waals surface area (Å²) in [4.78, 5) is 6.90. The molecule has 6 heteroatoms. The first-order chi connectivity index (χ1) is 10.8. The lowest BCUT2D eigenvalue weighted by Crippen LogP contribution is -2.02. The van der Waals surface area contributed by atoms with Gasteiger partial charge in [0, 0.05) is 4.88 Å². The molecule has 0 fully saturated rings. The van der Waals surface area contributed by atoms with Crippen molar-refractivity contribution in [3.8, 4) is 21.8 Å². The Hall–Kier alpha value is -1.97. The monoisotopic (exact) mass is 326 g/mol. The molecule has 0 N–H and O–H groups in total. The van der Waals surface area contributed by atoms with E-state index in [1.165, 1.54) is 28.8 Å². The third-order valence-electron chi connectivity index (χ3n) is 4.07. The Bertz CT molecular complexity index is 878. The van der Waals surface area contributed by atoms with Crippen LogP contribution in [0.3, 0.4) is 0 Å². The lowest BCUT2D eigenvalue weighted by atomic mass is 9.96. The zero-order valence-electron chi connectivity index (χ0n) is 12.2. The summed E-state index contributed by atoms with van der Waals surface area (Å²) in [5.41, 5.74) is 3.22. The smallest absolute Gasteiger partial charge is 0.174 e. The first kappa shape index (κ1) is 13.7. The largest absolute Gasteiger partial charge is 0.214 e. The van der Waals surface area contributed by atoms with E-state index >= 15 is 0 Å². The Balaban J connectivity index is 1.91. The fraction of sp³-hybridized carbons (Fsp3) is 0.312. The summed E-state index contributed by atoms with van der Waals surface area (Å²) in [5, 5.41) is 17.0. The summed E-state index contributed by atoms with van der Waals surface area (Å²) in [7, 11) is 0. The molecule has 0 spiro atoms. The van der Waals surface area contributed by atoms with Crippen LogP contribution in [0.1, 0.15) is 34.4 Å². The number of thiophene rings is 2. The van der Waals surface area contributed by atoms with Gasteiger partial charge in [-0.15, -0.1) is 22.7 Å². The maximum absolute atomic E-state index is 9.64. The Morgan fingerprint density at radius 2 is 2.18 bits per heavy atom. The van der Waals surface area contributed by atoms with Crippen LogP contribution in [0.5, 0.6) is 0 Å². The Labute approximate surface area is 136 Å². The number of aryl methyl sites for hydroxylation is 2. The SMILES string of the molecule is Cc1ccsc1-c1ncnn1-c1sc2c(c1C#N)CCCC2. The van der Waals surface area contributed by atoms with Crippen LogP contribution in [0, 0.1) is 18.3 Å². The first-order valence-electron chi connectivity index (χ1n) is 7.29. The van der Waals surface area contributed by atoms with Crippen molar-refractivity contribution >= 4 is 22.7 Å². The fourth-order valence-electron chi connectivity index (χ4n) is 2.96. The Morgan fingerprint density at radius 1 is 1.32 bits per heavy atom. The third kappa shape index (κ3) is 2.01. The molecule has 4 nitrogen and oxygen atoms in total. The van der Waals surface area contributed by atoms with Gasteiger partial charge in [-0.05, 0) is 55.2 Å². The highest BCUT2D eigenvalue weighted by molar-refractivity contribution is 7.15. The topological polar surface area (TPSA) is 54.5 Å². The van der Waals surface area contributed by atoms with Crippen LogP contribution in [0.15, 0.2) is 17.8 Å². The minimum absolute atomic E-state index is 0.792. The van der Waals surface area contributed by atoms with Crippen LogP contribution in [0.2, 0.25) is 0 Å². The number of rotatable bonds is 2. The van der Waals surface area contributed by atoms with Gasteiger partial charge >= 0.3 is 0 Å². The molecule has 4 rings (SSSR count). The molecule has 0 unspecified atom stereocenters. The van der Waals surface area contributed by atoms with Gasteiger partial charge in [0.15, 0.2) is 5.82 Å². The van der Waals surface area contributed by atoms with E-state index in [0.717, 1.165) is 34.1 Å². The predicted molar refractivity (Wildman–Crippen MR) is 88.6 cm³/mol. The van der Waals surface area contributed by atoms with E-state index in [-0.39, 0.29) is 0 Å². The standard InChI is InChI=1S/C16H14N4S2/c1-10-6-7-21-14(10)15-18-9-19-20(15)16-12(8-17)11-4-2-3-5-13(11)22-16/h6-7,9H,2-5H2,1H3. The molecule has 0 bridgehead atoms. The van der Waals surface area contributed by atoms with Crippen molar-refractivity contribution in [1.82, 2.24) is 14.8 Å². The van der Waals surface area contributed by atoms with Gasteiger partial charge in [-0.2, -0.15) is 10.4 Å². The fourth-order valence-corrected chi connectivity index (χ4v) is 5.17. The predicted octanol–water partition coefficient (Wildman–Crippen LogP) is 4.12. The quantitative estimate of drug-likeness (QED) is 0.712. The normalized spacial score (nSPS) is 13.8. The second-order valence-corrected chi connectivity index (χ2v) is 7.43. The van der Waals surface area contributed by atoms with Crippen molar-refractivity contribution in [2.75, 3.05) is 0 Å². The lowest BCUT2D eigenvalue weighted by molar-refractivity contribution is 0.695. The van der Waals surface area contributed by atoms with E-state index in [9.17, 15) is 5.26 Å². The van der Waals surface area contributed by atoms with Gasteiger partial charge in [0.1, 0.15) is 17.4 Å². The zero-order chi connectivity index (χ0) is 15.1. The average molecular weight is 326 g/mol. The number of fused-ring (bicyclic) bond motifs is 1. The molecule has 0 saturated carbocycles. The van der Waals surface area contributed by atoms with Crippen molar-refractivity contribution in [3.63, 3.8) is 0 Å². The number of aromatic nitrogens is 3. The lowest BCUT2D eigenvalue weighted by Gasteiger charge is -2.09. The summed E-state index contributed by atoms with van der Waals surface area (Å²) in [6, 6.07) is 4.49. The van der Waals surface area contributed by atoms with Crippen LogP contribution in [0.4, 0.5) is 0 Å². The minimum Gasteiger partial charge on any atom is -0.214 e. The van der Waals surface area contributed by atoms with Crippen molar-refractivity contribution in [2.45, 2.75) is 32.6 Å². The van der Waals surface area contributed by atoms with Crippen LogP contribution < -0.4 is 0 Å². The van der Waals surface area contributed by atoms with Crippen molar-refractivity contribution in [2.24, 2.45) is 0 Å². The molecular formula is C16H14N4S2. The van der Waals surface area contributed by atoms with E-state index in [1.54, 1.807) is 29.0 Å². The second kappa shape index (κ2) is 5.34. The van der Waals surface area contributed by atoms with Crippen molar-refractivity contribution in [3.05, 3.63) is 39.3 Å². The highest BCUT2D eigenvalue weighted by atomic mass is 32.1. The average Bonchev–Trinajstić information content (AvgIpc) is 3.23. The molecule has 0 amide bonds. The van der Waals surface area contributed by atoms with E-state index in [4.69, 9.17) is 0 Å². The highest BCUT2D eigenvalue weighted by Crippen LogP contribution is 2.38. The summed E-state index contributed by atoms with van der Waals surface area (Å²) < 4.78 is 1.85. The van der Waals surface area contributed by atoms with E-state index < -0.39 is 0 Å². The van der Waals surface area contributed by atoms with Crippen LogP contribution >= 0.6 is 22.7 Å². The van der Waals surface area contributed by atoms with Crippen LogP contribution in [0.25, 0.3) is 15.7 Å². The van der Waals surface area contributed by atoms with Crippen LogP contribution in [-0.4, -0.2) is 14.8 Å². The van der Waals surface area contributed by atoms with Gasteiger partial charge in [-0.3, -0.25) is 0 Å². The van der Waals surface area contributed by atoms with Crippen LogP contribution in [-0.2, 0) is 12.8 Å². The molecule has 3 aromatic heterocycles. The molecule has 0 aromatic carbocycles. The highest BCUT2D eigenvalue weighted by Gasteiger charge is 2.24. The van der Waals surface area contributed by atoms with E-state index in [2.05, 4.69) is 34.5 Å². The molecule has 3 heterocycles. The maximum Gasteiger partial charge on any atom is 0.174 e. The molecule has 1 aliphatic carbocycles. The molecular weight excluding hydrogens is 312 g/mol. The molecule has 0 atom stereocenters. The van der Waals surface area contributed by atoms with Crippen molar-refractivity contribution < 1.29 is 0 Å². The molecule has 0 radical (unpaired) electrons. The Morgan fingerprint density at radius 3 is 2.95 bits per heavy atom. The van der Waals surface area contributed by atoms with Gasteiger partial charge < -0.3 is 0 Å². The van der Waals surface area contributed by atoms with Gasteiger partial charge in [-0.25, -0.2) is 9.67 Å². The molecule has 22 heavy (non-hydrogen) atoms. The summed E-state index contributed by atoms with van der Waals surface area (Å²) in [6.07, 6.45) is 6.06. The number of nitriles is 1. The molecule has 1 aliphatic rings.